The molecule has 17 heavy (non-hydrogen) atoms. The Bertz CT molecular complexity index is 310. The molecule has 0 saturated heterocycles. The highest BCUT2D eigenvalue weighted by atomic mass is 32.1. The maximum Gasteiger partial charge on any atom is 0.0300 e. The molecule has 1 N–H and O–H groups in total. The van der Waals surface area contributed by atoms with Crippen molar-refractivity contribution in [2.24, 2.45) is 0 Å². The van der Waals surface area contributed by atoms with Crippen molar-refractivity contribution in [3.63, 3.8) is 0 Å². The molecule has 0 aliphatic carbocycles. The Hall–Kier alpha value is -0.380. The van der Waals surface area contributed by atoms with Crippen molar-refractivity contribution >= 4 is 11.3 Å². The normalized spacial score (nSPS) is 12.0. The highest BCUT2D eigenvalue weighted by Crippen LogP contribution is 2.14. The van der Waals surface area contributed by atoms with Gasteiger partial charge in [0.25, 0.3) is 0 Å². The summed E-state index contributed by atoms with van der Waals surface area (Å²) in [5.41, 5.74) is 0. The van der Waals surface area contributed by atoms with Gasteiger partial charge in [0, 0.05) is 41.5 Å². The first-order valence-corrected chi connectivity index (χ1v) is 7.34. The van der Waals surface area contributed by atoms with Gasteiger partial charge in [-0.3, -0.25) is 4.90 Å². The third-order valence-corrected chi connectivity index (χ3v) is 3.97. The monoisotopic (exact) mass is 254 g/mol. The number of thiophene rings is 1. The molecule has 0 aliphatic heterocycles. The summed E-state index contributed by atoms with van der Waals surface area (Å²) >= 11 is 1.88. The summed E-state index contributed by atoms with van der Waals surface area (Å²) in [4.78, 5) is 5.35. The molecule has 0 radical (unpaired) electrons. The Morgan fingerprint density at radius 3 is 2.29 bits per heavy atom. The zero-order valence-electron chi connectivity index (χ0n) is 11.8. The molecule has 1 heterocycles. The molecule has 0 atom stereocenters. The van der Waals surface area contributed by atoms with E-state index in [2.05, 4.69) is 57.0 Å². The minimum absolute atomic E-state index is 0.626. The third kappa shape index (κ3) is 5.19. The fourth-order valence-electron chi connectivity index (χ4n) is 2.11. The summed E-state index contributed by atoms with van der Waals surface area (Å²) in [6.07, 6.45) is 0. The van der Waals surface area contributed by atoms with E-state index in [4.69, 9.17) is 0 Å². The first-order chi connectivity index (χ1) is 8.00. The van der Waals surface area contributed by atoms with Crippen molar-refractivity contribution in [1.82, 2.24) is 10.2 Å². The summed E-state index contributed by atoms with van der Waals surface area (Å²) in [7, 11) is 0. The molecule has 98 valence electrons. The van der Waals surface area contributed by atoms with E-state index in [0.29, 0.717) is 12.1 Å². The number of rotatable bonds is 7. The molecule has 1 rings (SSSR count). The van der Waals surface area contributed by atoms with Crippen molar-refractivity contribution in [3.05, 3.63) is 21.9 Å². The van der Waals surface area contributed by atoms with Crippen LogP contribution in [-0.4, -0.2) is 30.1 Å². The average Bonchev–Trinajstić information content (AvgIpc) is 2.62. The molecule has 0 bridgehead atoms. The molecule has 2 nitrogen and oxygen atoms in total. The maximum atomic E-state index is 3.52. The molecule has 0 aromatic carbocycles. The zero-order valence-corrected chi connectivity index (χ0v) is 12.6. The van der Waals surface area contributed by atoms with Crippen LogP contribution in [0.1, 0.15) is 37.4 Å². The van der Waals surface area contributed by atoms with E-state index in [1.54, 1.807) is 0 Å². The minimum atomic E-state index is 0.626. The summed E-state index contributed by atoms with van der Waals surface area (Å²) in [5, 5.41) is 3.52. The first kappa shape index (κ1) is 14.7. The predicted molar refractivity (Wildman–Crippen MR) is 77.7 cm³/mol. The maximum absolute atomic E-state index is 3.52. The van der Waals surface area contributed by atoms with Crippen LogP contribution in [0.3, 0.4) is 0 Å². The van der Waals surface area contributed by atoms with Gasteiger partial charge in [-0.05, 0) is 46.8 Å². The van der Waals surface area contributed by atoms with Crippen LogP contribution >= 0.6 is 11.3 Å². The third-order valence-electron chi connectivity index (χ3n) is 2.97. The quantitative estimate of drug-likeness (QED) is 0.751. The van der Waals surface area contributed by atoms with Crippen LogP contribution in [0.25, 0.3) is 0 Å². The van der Waals surface area contributed by atoms with E-state index in [9.17, 15) is 0 Å². The zero-order chi connectivity index (χ0) is 12.8. The van der Waals surface area contributed by atoms with Crippen LogP contribution in [0.15, 0.2) is 12.1 Å². The largest absolute Gasteiger partial charge is 0.311 e. The van der Waals surface area contributed by atoms with Crippen LogP contribution in [0.4, 0.5) is 0 Å². The van der Waals surface area contributed by atoms with Crippen molar-refractivity contribution in [1.29, 1.82) is 0 Å². The van der Waals surface area contributed by atoms with E-state index in [0.717, 1.165) is 19.6 Å². The fraction of sp³-hybridized carbons (Fsp3) is 0.714. The Morgan fingerprint density at radius 1 is 1.18 bits per heavy atom. The predicted octanol–water partition coefficient (Wildman–Crippen LogP) is 3.26. The molecule has 1 aromatic rings. The van der Waals surface area contributed by atoms with E-state index in [1.165, 1.54) is 9.75 Å². The van der Waals surface area contributed by atoms with Crippen molar-refractivity contribution < 1.29 is 0 Å². The second kappa shape index (κ2) is 7.14. The summed E-state index contributed by atoms with van der Waals surface area (Å²) in [6.45, 7) is 14.4. The van der Waals surface area contributed by atoms with Gasteiger partial charge in [-0.25, -0.2) is 0 Å². The molecular weight excluding hydrogens is 228 g/mol. The number of hydrogen-bond acceptors (Lipinski definition) is 3. The highest BCUT2D eigenvalue weighted by molar-refractivity contribution is 7.11. The van der Waals surface area contributed by atoms with Crippen molar-refractivity contribution in [3.8, 4) is 0 Å². The van der Waals surface area contributed by atoms with Crippen LogP contribution in [0, 0.1) is 6.92 Å². The summed E-state index contributed by atoms with van der Waals surface area (Å²) in [5.74, 6) is 0. The van der Waals surface area contributed by atoms with Crippen molar-refractivity contribution in [2.75, 3.05) is 13.1 Å². The van der Waals surface area contributed by atoms with Gasteiger partial charge in [0.05, 0.1) is 0 Å². The lowest BCUT2D eigenvalue weighted by atomic mass is 10.2. The lowest BCUT2D eigenvalue weighted by Crippen LogP contribution is -2.41. The van der Waals surface area contributed by atoms with Gasteiger partial charge in [-0.2, -0.15) is 0 Å². The highest BCUT2D eigenvalue weighted by Gasteiger charge is 2.11. The second-order valence-corrected chi connectivity index (χ2v) is 6.49. The smallest absolute Gasteiger partial charge is 0.0300 e. The van der Waals surface area contributed by atoms with Gasteiger partial charge in [-0.15, -0.1) is 11.3 Å². The molecule has 0 unspecified atom stereocenters. The molecule has 0 amide bonds. The first-order valence-electron chi connectivity index (χ1n) is 6.52. The number of nitrogens with one attached hydrogen (secondary N) is 1. The van der Waals surface area contributed by atoms with E-state index >= 15 is 0 Å². The van der Waals surface area contributed by atoms with Gasteiger partial charge in [0.15, 0.2) is 0 Å². The SMILES string of the molecule is Cc1ccc(CNCCN(C(C)C)C(C)C)s1. The van der Waals surface area contributed by atoms with Gasteiger partial charge in [-0.1, -0.05) is 0 Å². The molecule has 3 heteroatoms. The fourth-order valence-corrected chi connectivity index (χ4v) is 2.97. The molecule has 0 spiro atoms. The molecule has 0 fully saturated rings. The van der Waals surface area contributed by atoms with Crippen LogP contribution in [0.2, 0.25) is 0 Å². The molecule has 0 saturated carbocycles. The van der Waals surface area contributed by atoms with E-state index in [1.807, 2.05) is 11.3 Å². The van der Waals surface area contributed by atoms with Crippen molar-refractivity contribution in [2.45, 2.75) is 53.2 Å². The average molecular weight is 254 g/mol. The summed E-state index contributed by atoms with van der Waals surface area (Å²) in [6, 6.07) is 5.66. The number of aryl methyl sites for hydroxylation is 1. The Labute approximate surface area is 110 Å². The van der Waals surface area contributed by atoms with E-state index < -0.39 is 0 Å². The molecular formula is C14H26N2S. The Balaban J connectivity index is 2.23. The summed E-state index contributed by atoms with van der Waals surface area (Å²) < 4.78 is 0. The Kier molecular flexibility index (Phi) is 6.17. The van der Waals surface area contributed by atoms with Gasteiger partial charge < -0.3 is 5.32 Å². The lowest BCUT2D eigenvalue weighted by Gasteiger charge is -2.30. The van der Waals surface area contributed by atoms with Gasteiger partial charge >= 0.3 is 0 Å². The molecule has 0 aliphatic rings. The second-order valence-electron chi connectivity index (χ2n) is 5.11. The Morgan fingerprint density at radius 2 is 1.82 bits per heavy atom. The topological polar surface area (TPSA) is 15.3 Å². The van der Waals surface area contributed by atoms with E-state index in [-0.39, 0.29) is 0 Å². The lowest BCUT2D eigenvalue weighted by molar-refractivity contribution is 0.176. The standard InChI is InChI=1S/C14H26N2S/c1-11(2)16(12(3)4)9-8-15-10-14-7-6-13(5)17-14/h6-7,11-12,15H,8-10H2,1-5H3. The van der Waals surface area contributed by atoms with Crippen LogP contribution < -0.4 is 5.32 Å². The van der Waals surface area contributed by atoms with Crippen LogP contribution in [-0.2, 0) is 6.54 Å². The minimum Gasteiger partial charge on any atom is -0.311 e. The number of hydrogen-bond donors (Lipinski definition) is 1. The van der Waals surface area contributed by atoms with Crippen LogP contribution in [0.5, 0.6) is 0 Å². The molecule has 1 aromatic heterocycles. The van der Waals surface area contributed by atoms with Gasteiger partial charge in [0.1, 0.15) is 0 Å². The van der Waals surface area contributed by atoms with Gasteiger partial charge in [0.2, 0.25) is 0 Å². The number of nitrogens with zero attached hydrogens (tertiary/aromatic N) is 1.